The number of carboxylic acid groups (broad SMARTS) is 1. The maximum Gasteiger partial charge on any atom is 0.328 e. The molecule has 20 heavy (non-hydrogen) atoms. The summed E-state index contributed by atoms with van der Waals surface area (Å²) in [7, 11) is 0. The SMILES string of the molecule is Cc1cccc(CSCC(=O)NC(C(=O)O)C(C)O)c1. The molecule has 0 aromatic heterocycles. The Balaban J connectivity index is 2.38. The summed E-state index contributed by atoms with van der Waals surface area (Å²) in [4.78, 5) is 22.4. The first-order valence-corrected chi connectivity index (χ1v) is 7.39. The molecule has 0 aliphatic rings. The molecular formula is C14H19NO4S. The highest BCUT2D eigenvalue weighted by atomic mass is 32.2. The Kier molecular flexibility index (Phi) is 6.54. The topological polar surface area (TPSA) is 86.6 Å². The van der Waals surface area contributed by atoms with Crippen molar-refractivity contribution in [1.29, 1.82) is 0 Å². The number of aryl methyl sites for hydroxylation is 1. The maximum absolute atomic E-state index is 11.6. The van der Waals surface area contributed by atoms with E-state index in [1.165, 1.54) is 18.7 Å². The maximum atomic E-state index is 11.6. The van der Waals surface area contributed by atoms with E-state index in [9.17, 15) is 14.7 Å². The molecule has 0 heterocycles. The first-order valence-electron chi connectivity index (χ1n) is 6.23. The number of amides is 1. The van der Waals surface area contributed by atoms with Gasteiger partial charge in [0.25, 0.3) is 0 Å². The molecule has 1 amide bonds. The highest BCUT2D eigenvalue weighted by Crippen LogP contribution is 2.13. The lowest BCUT2D eigenvalue weighted by atomic mass is 10.2. The van der Waals surface area contributed by atoms with Gasteiger partial charge in [0.15, 0.2) is 6.04 Å². The molecule has 5 nitrogen and oxygen atoms in total. The van der Waals surface area contributed by atoms with Gasteiger partial charge in [-0.05, 0) is 19.4 Å². The van der Waals surface area contributed by atoms with Gasteiger partial charge >= 0.3 is 5.97 Å². The third-order valence-corrected chi connectivity index (χ3v) is 3.65. The first kappa shape index (κ1) is 16.5. The van der Waals surface area contributed by atoms with Crippen LogP contribution in [0.5, 0.6) is 0 Å². The van der Waals surface area contributed by atoms with E-state index in [2.05, 4.69) is 5.32 Å². The van der Waals surface area contributed by atoms with Gasteiger partial charge in [-0.25, -0.2) is 4.79 Å². The lowest BCUT2D eigenvalue weighted by Gasteiger charge is -2.16. The summed E-state index contributed by atoms with van der Waals surface area (Å²) < 4.78 is 0. The molecular weight excluding hydrogens is 278 g/mol. The molecule has 0 radical (unpaired) electrons. The van der Waals surface area contributed by atoms with Crippen LogP contribution in [0.2, 0.25) is 0 Å². The lowest BCUT2D eigenvalue weighted by molar-refractivity contribution is -0.144. The zero-order valence-electron chi connectivity index (χ0n) is 11.5. The number of benzene rings is 1. The quantitative estimate of drug-likeness (QED) is 0.703. The van der Waals surface area contributed by atoms with E-state index in [0.29, 0.717) is 5.75 Å². The van der Waals surface area contributed by atoms with Crippen LogP contribution in [0.3, 0.4) is 0 Å². The molecule has 1 rings (SSSR count). The summed E-state index contributed by atoms with van der Waals surface area (Å²) in [6.45, 7) is 3.33. The highest BCUT2D eigenvalue weighted by Gasteiger charge is 2.24. The minimum absolute atomic E-state index is 0.157. The number of hydrogen-bond acceptors (Lipinski definition) is 4. The number of aliphatic hydroxyl groups is 1. The fourth-order valence-electron chi connectivity index (χ4n) is 1.67. The van der Waals surface area contributed by atoms with Gasteiger partial charge in [-0.15, -0.1) is 11.8 Å². The van der Waals surface area contributed by atoms with Crippen molar-refractivity contribution in [2.24, 2.45) is 0 Å². The van der Waals surface area contributed by atoms with Crippen molar-refractivity contribution < 1.29 is 19.8 Å². The average molecular weight is 297 g/mol. The number of thioether (sulfide) groups is 1. The van der Waals surface area contributed by atoms with Gasteiger partial charge in [0.05, 0.1) is 11.9 Å². The molecule has 0 aliphatic carbocycles. The molecule has 0 fully saturated rings. The molecule has 0 saturated heterocycles. The van der Waals surface area contributed by atoms with Gasteiger partial charge in [-0.2, -0.15) is 0 Å². The molecule has 3 N–H and O–H groups in total. The number of rotatable bonds is 7. The van der Waals surface area contributed by atoms with Crippen LogP contribution in [0.1, 0.15) is 18.1 Å². The van der Waals surface area contributed by atoms with Gasteiger partial charge in [0.2, 0.25) is 5.91 Å². The third kappa shape index (κ3) is 5.63. The van der Waals surface area contributed by atoms with Crippen molar-refractivity contribution in [3.05, 3.63) is 35.4 Å². The van der Waals surface area contributed by atoms with Gasteiger partial charge in [-0.1, -0.05) is 29.8 Å². The van der Waals surface area contributed by atoms with Crippen molar-refractivity contribution in [3.63, 3.8) is 0 Å². The van der Waals surface area contributed by atoms with Gasteiger partial charge < -0.3 is 15.5 Å². The Morgan fingerprint density at radius 2 is 2.10 bits per heavy atom. The Hall–Kier alpha value is -1.53. The van der Waals surface area contributed by atoms with E-state index in [4.69, 9.17) is 5.11 Å². The van der Waals surface area contributed by atoms with Crippen molar-refractivity contribution in [1.82, 2.24) is 5.32 Å². The number of carboxylic acids is 1. The number of nitrogens with one attached hydrogen (secondary N) is 1. The number of aliphatic carboxylic acids is 1. The Morgan fingerprint density at radius 1 is 1.40 bits per heavy atom. The Bertz CT molecular complexity index is 476. The van der Waals surface area contributed by atoms with E-state index in [1.807, 2.05) is 31.2 Å². The van der Waals surface area contributed by atoms with E-state index < -0.39 is 24.0 Å². The standard InChI is InChI=1S/C14H19NO4S/c1-9-4-3-5-11(6-9)7-20-8-12(17)15-13(10(2)16)14(18)19/h3-6,10,13,16H,7-8H2,1-2H3,(H,15,17)(H,18,19). The second-order valence-corrected chi connectivity index (χ2v) is 5.59. The monoisotopic (exact) mass is 297 g/mol. The van der Waals surface area contributed by atoms with Crippen LogP contribution >= 0.6 is 11.8 Å². The second-order valence-electron chi connectivity index (χ2n) is 4.61. The Morgan fingerprint density at radius 3 is 2.65 bits per heavy atom. The number of aliphatic hydroxyl groups excluding tert-OH is 1. The van der Waals surface area contributed by atoms with Crippen LogP contribution in [0.4, 0.5) is 0 Å². The second kappa shape index (κ2) is 7.91. The number of carbonyl (C=O) groups is 2. The Labute approximate surface area is 122 Å². The normalized spacial score (nSPS) is 13.6. The smallest absolute Gasteiger partial charge is 0.328 e. The van der Waals surface area contributed by atoms with Crippen LogP contribution in [0.15, 0.2) is 24.3 Å². The highest BCUT2D eigenvalue weighted by molar-refractivity contribution is 7.99. The molecule has 2 unspecified atom stereocenters. The first-order chi connectivity index (χ1) is 9.40. The summed E-state index contributed by atoms with van der Waals surface area (Å²) >= 11 is 1.40. The minimum atomic E-state index is -1.26. The van der Waals surface area contributed by atoms with E-state index in [1.54, 1.807) is 0 Å². The molecule has 0 spiro atoms. The van der Waals surface area contributed by atoms with Crippen LogP contribution in [-0.2, 0) is 15.3 Å². The molecule has 2 atom stereocenters. The predicted molar refractivity (Wildman–Crippen MR) is 78.6 cm³/mol. The van der Waals surface area contributed by atoms with Crippen LogP contribution in [-0.4, -0.2) is 40.0 Å². The molecule has 0 bridgehead atoms. The lowest BCUT2D eigenvalue weighted by Crippen LogP contribution is -2.48. The van der Waals surface area contributed by atoms with Crippen LogP contribution in [0, 0.1) is 6.92 Å². The van der Waals surface area contributed by atoms with Crippen molar-refractivity contribution in [3.8, 4) is 0 Å². The number of carbonyl (C=O) groups excluding carboxylic acids is 1. The summed E-state index contributed by atoms with van der Waals surface area (Å²) in [5, 5.41) is 20.4. The van der Waals surface area contributed by atoms with Crippen molar-refractivity contribution in [2.45, 2.75) is 31.7 Å². The molecule has 0 aliphatic heterocycles. The summed E-state index contributed by atoms with van der Waals surface area (Å²) in [5.74, 6) is -0.792. The fourth-order valence-corrected chi connectivity index (χ4v) is 2.45. The summed E-state index contributed by atoms with van der Waals surface area (Å²) in [6, 6.07) is 6.72. The molecule has 1 aromatic rings. The zero-order valence-corrected chi connectivity index (χ0v) is 12.3. The summed E-state index contributed by atoms with van der Waals surface area (Å²) in [5.41, 5.74) is 2.28. The van der Waals surface area contributed by atoms with E-state index in [-0.39, 0.29) is 5.75 Å². The number of hydrogen-bond donors (Lipinski definition) is 3. The van der Waals surface area contributed by atoms with Crippen LogP contribution in [0.25, 0.3) is 0 Å². The van der Waals surface area contributed by atoms with E-state index in [0.717, 1.165) is 11.1 Å². The largest absolute Gasteiger partial charge is 0.480 e. The molecule has 0 saturated carbocycles. The molecule has 6 heteroatoms. The van der Waals surface area contributed by atoms with Crippen molar-refractivity contribution >= 4 is 23.6 Å². The van der Waals surface area contributed by atoms with Crippen LogP contribution < -0.4 is 5.32 Å². The van der Waals surface area contributed by atoms with Gasteiger partial charge in [0.1, 0.15) is 0 Å². The molecule has 110 valence electrons. The van der Waals surface area contributed by atoms with E-state index >= 15 is 0 Å². The van der Waals surface area contributed by atoms with Crippen molar-refractivity contribution in [2.75, 3.05) is 5.75 Å². The third-order valence-electron chi connectivity index (χ3n) is 2.65. The van der Waals surface area contributed by atoms with Gasteiger partial charge in [-0.3, -0.25) is 4.79 Å². The van der Waals surface area contributed by atoms with Gasteiger partial charge in [0, 0.05) is 5.75 Å². The zero-order chi connectivity index (χ0) is 15.1. The summed E-state index contributed by atoms with van der Waals surface area (Å²) in [6.07, 6.45) is -1.13. The predicted octanol–water partition coefficient (Wildman–Crippen LogP) is 1.18. The minimum Gasteiger partial charge on any atom is -0.480 e. The molecule has 1 aromatic carbocycles. The fraction of sp³-hybridized carbons (Fsp3) is 0.429. The average Bonchev–Trinajstić information content (AvgIpc) is 2.35.